The summed E-state index contributed by atoms with van der Waals surface area (Å²) in [4.78, 5) is 52.5. The number of urea groups is 1. The highest BCUT2D eigenvalue weighted by Crippen LogP contribution is 2.28. The van der Waals surface area contributed by atoms with Crippen LogP contribution in [0.1, 0.15) is 53.8 Å². The molecular formula is C23H24FN3O4. The summed E-state index contributed by atoms with van der Waals surface area (Å²) in [5.41, 5.74) is 2.18. The van der Waals surface area contributed by atoms with E-state index in [4.69, 9.17) is 0 Å². The predicted octanol–water partition coefficient (Wildman–Crippen LogP) is 3.54. The second-order valence-corrected chi connectivity index (χ2v) is 8.16. The van der Waals surface area contributed by atoms with Gasteiger partial charge in [-0.15, -0.1) is 0 Å². The summed E-state index contributed by atoms with van der Waals surface area (Å²) >= 11 is 0. The van der Waals surface area contributed by atoms with Crippen molar-refractivity contribution in [1.29, 1.82) is 0 Å². The lowest BCUT2D eigenvalue weighted by Crippen LogP contribution is -2.43. The van der Waals surface area contributed by atoms with Crippen LogP contribution in [-0.2, 0) is 9.59 Å². The molecule has 8 heteroatoms. The van der Waals surface area contributed by atoms with Crippen LogP contribution in [0.15, 0.2) is 30.3 Å². The largest absolute Gasteiger partial charge is 0.334 e. The van der Waals surface area contributed by atoms with Crippen molar-refractivity contribution in [1.82, 2.24) is 14.4 Å². The van der Waals surface area contributed by atoms with E-state index in [2.05, 4.69) is 0 Å². The van der Waals surface area contributed by atoms with Gasteiger partial charge in [0, 0.05) is 28.7 Å². The molecule has 0 N–H and O–H groups in total. The van der Waals surface area contributed by atoms with Gasteiger partial charge in [-0.1, -0.05) is 25.3 Å². The van der Waals surface area contributed by atoms with Crippen molar-refractivity contribution >= 4 is 23.6 Å². The van der Waals surface area contributed by atoms with E-state index < -0.39 is 36.0 Å². The van der Waals surface area contributed by atoms with Crippen LogP contribution in [0.4, 0.5) is 9.18 Å². The van der Waals surface area contributed by atoms with Crippen LogP contribution in [0.3, 0.4) is 0 Å². The van der Waals surface area contributed by atoms with Gasteiger partial charge in [-0.25, -0.2) is 14.1 Å². The minimum atomic E-state index is -0.956. The number of halogens is 1. The Hall–Kier alpha value is -3.29. The second kappa shape index (κ2) is 8.09. The Labute approximate surface area is 179 Å². The molecule has 0 spiro atoms. The van der Waals surface area contributed by atoms with E-state index in [0.717, 1.165) is 29.1 Å². The molecule has 1 aromatic heterocycles. The maximum atomic E-state index is 13.7. The van der Waals surface area contributed by atoms with Gasteiger partial charge in [0.05, 0.1) is 6.54 Å². The molecule has 0 radical (unpaired) electrons. The van der Waals surface area contributed by atoms with Crippen LogP contribution in [0.5, 0.6) is 0 Å². The minimum Gasteiger partial charge on any atom is -0.318 e. The first-order valence-electron chi connectivity index (χ1n) is 10.5. The average Bonchev–Trinajstić information content (AvgIpc) is 3.16. The van der Waals surface area contributed by atoms with Gasteiger partial charge in [0.25, 0.3) is 0 Å². The van der Waals surface area contributed by atoms with Crippen LogP contribution < -0.4 is 0 Å². The number of hydrogen-bond acceptors (Lipinski definition) is 4. The summed E-state index contributed by atoms with van der Waals surface area (Å²) in [5, 5.41) is 0. The van der Waals surface area contributed by atoms with Gasteiger partial charge in [0.1, 0.15) is 5.82 Å². The predicted molar refractivity (Wildman–Crippen MR) is 110 cm³/mol. The Balaban J connectivity index is 1.57. The molecule has 1 saturated heterocycles. The number of amides is 4. The number of ketones is 1. The smallest absolute Gasteiger partial charge is 0.318 e. The van der Waals surface area contributed by atoms with Crippen molar-refractivity contribution in [2.24, 2.45) is 0 Å². The zero-order valence-corrected chi connectivity index (χ0v) is 17.6. The molecule has 2 aliphatic rings. The van der Waals surface area contributed by atoms with Crippen molar-refractivity contribution in [3.63, 3.8) is 0 Å². The van der Waals surface area contributed by atoms with E-state index >= 15 is 0 Å². The molecule has 0 atom stereocenters. The number of imide groups is 2. The molecule has 0 unspecified atom stereocenters. The third-order valence-electron chi connectivity index (χ3n) is 6.12. The van der Waals surface area contributed by atoms with Crippen molar-refractivity contribution < 1.29 is 23.6 Å². The molecule has 2 heterocycles. The first-order chi connectivity index (χ1) is 14.8. The third-order valence-corrected chi connectivity index (χ3v) is 6.12. The number of hydrogen-bond donors (Lipinski definition) is 0. The summed E-state index contributed by atoms with van der Waals surface area (Å²) in [6, 6.07) is 6.66. The molecule has 0 bridgehead atoms. The van der Waals surface area contributed by atoms with Crippen molar-refractivity contribution in [2.75, 3.05) is 6.54 Å². The van der Waals surface area contributed by atoms with Crippen molar-refractivity contribution in [2.45, 2.75) is 52.0 Å². The topological polar surface area (TPSA) is 79.7 Å². The van der Waals surface area contributed by atoms with E-state index in [9.17, 15) is 23.6 Å². The lowest BCUT2D eigenvalue weighted by Gasteiger charge is -2.28. The fourth-order valence-electron chi connectivity index (χ4n) is 4.61. The maximum Gasteiger partial charge on any atom is 0.334 e. The van der Waals surface area contributed by atoms with E-state index in [1.807, 2.05) is 0 Å². The standard InChI is InChI=1S/C23H24FN3O4/c1-14-11-19(15(2)26(14)18-10-6-7-16(24)12-18)20(28)13-25-21(29)22(30)27(23(25)31)17-8-4-3-5-9-17/h6-7,10-12,17H,3-5,8-9,13H2,1-2H3. The lowest BCUT2D eigenvalue weighted by molar-refractivity contribution is -0.144. The molecule has 4 rings (SSSR count). The Kier molecular flexibility index (Phi) is 5.47. The average molecular weight is 425 g/mol. The van der Waals surface area contributed by atoms with Crippen LogP contribution in [0.2, 0.25) is 0 Å². The monoisotopic (exact) mass is 425 g/mol. The SMILES string of the molecule is Cc1cc(C(=O)CN2C(=O)C(=O)N(C3CCCCC3)C2=O)c(C)n1-c1cccc(F)c1. The van der Waals surface area contributed by atoms with E-state index in [0.29, 0.717) is 35.5 Å². The highest BCUT2D eigenvalue weighted by molar-refractivity contribution is 6.45. The molecule has 4 amide bonds. The first-order valence-corrected chi connectivity index (χ1v) is 10.5. The van der Waals surface area contributed by atoms with Gasteiger partial charge in [-0.2, -0.15) is 0 Å². The number of benzene rings is 1. The number of aryl methyl sites for hydroxylation is 1. The molecule has 2 aromatic rings. The van der Waals surface area contributed by atoms with Gasteiger partial charge in [0.15, 0.2) is 5.78 Å². The number of aromatic nitrogens is 1. The highest BCUT2D eigenvalue weighted by Gasteiger charge is 2.48. The quantitative estimate of drug-likeness (QED) is 0.417. The molecular weight excluding hydrogens is 401 g/mol. The molecule has 2 fully saturated rings. The molecule has 1 aliphatic heterocycles. The van der Waals surface area contributed by atoms with Crippen LogP contribution in [-0.4, -0.2) is 50.6 Å². The highest BCUT2D eigenvalue weighted by atomic mass is 19.1. The van der Waals surface area contributed by atoms with Gasteiger partial charge >= 0.3 is 17.8 Å². The molecule has 31 heavy (non-hydrogen) atoms. The van der Waals surface area contributed by atoms with Crippen LogP contribution in [0, 0.1) is 19.7 Å². The first kappa shape index (κ1) is 21.0. The Morgan fingerprint density at radius 1 is 1.03 bits per heavy atom. The Morgan fingerprint density at radius 3 is 2.42 bits per heavy atom. The zero-order chi connectivity index (χ0) is 22.3. The number of carbonyl (C=O) groups excluding carboxylic acids is 4. The van der Waals surface area contributed by atoms with Crippen molar-refractivity contribution in [3.05, 3.63) is 53.1 Å². The van der Waals surface area contributed by atoms with E-state index in [1.165, 1.54) is 12.1 Å². The number of nitrogens with zero attached hydrogens (tertiary/aromatic N) is 3. The Bertz CT molecular complexity index is 1080. The summed E-state index contributed by atoms with van der Waals surface area (Å²) in [5.74, 6) is -2.65. The van der Waals surface area contributed by atoms with E-state index in [-0.39, 0.29) is 6.04 Å². The maximum absolute atomic E-state index is 13.7. The molecule has 7 nitrogen and oxygen atoms in total. The second-order valence-electron chi connectivity index (χ2n) is 8.16. The Morgan fingerprint density at radius 2 is 1.74 bits per heavy atom. The summed E-state index contributed by atoms with van der Waals surface area (Å²) in [6.07, 6.45) is 4.22. The molecule has 1 saturated carbocycles. The number of Topliss-reactive ketones (excluding diaryl/α,β-unsaturated/α-hetero) is 1. The molecule has 162 valence electrons. The van der Waals surface area contributed by atoms with E-state index in [1.54, 1.807) is 36.6 Å². The van der Waals surface area contributed by atoms with Gasteiger partial charge < -0.3 is 4.57 Å². The third kappa shape index (κ3) is 3.66. The summed E-state index contributed by atoms with van der Waals surface area (Å²) in [6.45, 7) is 3.01. The lowest BCUT2D eigenvalue weighted by atomic mass is 9.94. The molecule has 1 aromatic carbocycles. The number of carbonyl (C=O) groups is 4. The van der Waals surface area contributed by atoms with Crippen LogP contribution in [0.25, 0.3) is 5.69 Å². The fraction of sp³-hybridized carbons (Fsp3) is 0.391. The normalized spacial score (nSPS) is 17.7. The van der Waals surface area contributed by atoms with Gasteiger partial charge in [-0.05, 0) is 51.0 Å². The van der Waals surface area contributed by atoms with Crippen LogP contribution >= 0.6 is 0 Å². The van der Waals surface area contributed by atoms with Gasteiger partial charge in [-0.3, -0.25) is 19.3 Å². The van der Waals surface area contributed by atoms with Gasteiger partial charge in [0.2, 0.25) is 0 Å². The zero-order valence-electron chi connectivity index (χ0n) is 17.6. The number of rotatable bonds is 5. The summed E-state index contributed by atoms with van der Waals surface area (Å²) in [7, 11) is 0. The minimum absolute atomic E-state index is 0.282. The van der Waals surface area contributed by atoms with Crippen molar-refractivity contribution in [3.8, 4) is 5.69 Å². The fourth-order valence-corrected chi connectivity index (χ4v) is 4.61. The molecule has 1 aliphatic carbocycles. The summed E-state index contributed by atoms with van der Waals surface area (Å²) < 4.78 is 15.4.